The zero-order chi connectivity index (χ0) is 39.1. The summed E-state index contributed by atoms with van der Waals surface area (Å²) in [5.41, 5.74) is 0. The average molecular weight is 772 g/mol. The average Bonchev–Trinajstić information content (AvgIpc) is 3.11. The van der Waals surface area contributed by atoms with Gasteiger partial charge >= 0.3 is 5.97 Å². The summed E-state index contributed by atoms with van der Waals surface area (Å²) in [7, 11) is 1.36. The van der Waals surface area contributed by atoms with Crippen LogP contribution in [-0.2, 0) is 27.9 Å². The molecule has 2 unspecified atom stereocenters. The number of quaternary nitrogens is 1. The third-order valence-electron chi connectivity index (χ3n) is 9.59. The highest BCUT2D eigenvalue weighted by atomic mass is 31.2. The molecular formula is C44H86NO7P. The van der Waals surface area contributed by atoms with E-state index in [0.29, 0.717) is 17.4 Å². The van der Waals surface area contributed by atoms with Gasteiger partial charge in [0.2, 0.25) is 0 Å². The van der Waals surface area contributed by atoms with Crippen molar-refractivity contribution < 1.29 is 37.3 Å². The first-order valence-corrected chi connectivity index (χ1v) is 23.6. The highest BCUT2D eigenvalue weighted by molar-refractivity contribution is 7.45. The van der Waals surface area contributed by atoms with Crippen molar-refractivity contribution >= 4 is 13.8 Å². The number of likely N-dealkylation sites (N-methyl/N-ethyl adjacent to an activating group) is 1. The summed E-state index contributed by atoms with van der Waals surface area (Å²) in [4.78, 5) is 24.8. The molecule has 2 atom stereocenters. The fourth-order valence-corrected chi connectivity index (χ4v) is 6.78. The van der Waals surface area contributed by atoms with Gasteiger partial charge in [0.1, 0.15) is 19.8 Å². The molecule has 0 aromatic carbocycles. The van der Waals surface area contributed by atoms with E-state index in [1.807, 2.05) is 27.2 Å². The van der Waals surface area contributed by atoms with Gasteiger partial charge in [-0.05, 0) is 51.0 Å². The molecule has 0 aliphatic rings. The topological polar surface area (TPSA) is 94.1 Å². The summed E-state index contributed by atoms with van der Waals surface area (Å²) in [5.74, 6) is -0.293. The number of phosphoric ester groups is 1. The predicted octanol–water partition coefficient (Wildman–Crippen LogP) is 12.5. The predicted molar refractivity (Wildman–Crippen MR) is 222 cm³/mol. The minimum absolute atomic E-state index is 0.0272. The van der Waals surface area contributed by atoms with Gasteiger partial charge in [-0.2, -0.15) is 0 Å². The Kier molecular flexibility index (Phi) is 36.9. The fraction of sp³-hybridized carbons (Fsp3) is 0.886. The lowest BCUT2D eigenvalue weighted by Gasteiger charge is -2.28. The molecule has 0 heterocycles. The van der Waals surface area contributed by atoms with Crippen LogP contribution in [0.25, 0.3) is 0 Å². The van der Waals surface area contributed by atoms with Gasteiger partial charge in [-0.15, -0.1) is 0 Å². The molecule has 0 saturated heterocycles. The number of nitrogens with zero attached hydrogens (tertiary/aromatic N) is 1. The molecule has 8 nitrogen and oxygen atoms in total. The van der Waals surface area contributed by atoms with Gasteiger partial charge in [-0.1, -0.05) is 161 Å². The Morgan fingerprint density at radius 3 is 1.45 bits per heavy atom. The van der Waals surface area contributed by atoms with Crippen LogP contribution in [-0.4, -0.2) is 64.1 Å². The second kappa shape index (κ2) is 37.7. The van der Waals surface area contributed by atoms with Gasteiger partial charge in [0.15, 0.2) is 6.10 Å². The maximum atomic E-state index is 12.5. The molecule has 0 aromatic heterocycles. The second-order valence-electron chi connectivity index (χ2n) is 16.1. The molecule has 0 radical (unpaired) electrons. The van der Waals surface area contributed by atoms with Crippen LogP contribution in [0.3, 0.4) is 0 Å². The summed E-state index contributed by atoms with van der Waals surface area (Å²) >= 11 is 0. The van der Waals surface area contributed by atoms with Crippen LogP contribution < -0.4 is 4.89 Å². The number of carbonyl (C=O) groups excluding carboxylic acids is 1. The zero-order valence-electron chi connectivity index (χ0n) is 35.5. The first kappa shape index (κ1) is 51.8. The number of carbonyl (C=O) groups is 1. The highest BCUT2D eigenvalue weighted by Gasteiger charge is 2.19. The third kappa shape index (κ3) is 41.8. The van der Waals surface area contributed by atoms with Crippen LogP contribution in [0.15, 0.2) is 24.5 Å². The number of hydrogen-bond donors (Lipinski definition) is 0. The SMILES string of the molecule is CCCCCCCC/C=C\CCCCCC/C=C\OC(COC(=O)CCCCCCCCCCCCCCCCC)COP(=O)([O-])OCC[N+](C)(C)C. The molecule has 0 amide bonds. The number of unbranched alkanes of at least 4 members (excludes halogenated alkanes) is 25. The van der Waals surface area contributed by atoms with Crippen molar-refractivity contribution in [2.45, 2.75) is 206 Å². The Morgan fingerprint density at radius 2 is 1.00 bits per heavy atom. The number of phosphoric acid groups is 1. The smallest absolute Gasteiger partial charge is 0.305 e. The van der Waals surface area contributed by atoms with Gasteiger partial charge in [-0.25, -0.2) is 0 Å². The number of esters is 1. The molecule has 0 aromatic rings. The number of ether oxygens (including phenoxy) is 2. The van der Waals surface area contributed by atoms with Gasteiger partial charge in [0, 0.05) is 6.42 Å². The van der Waals surface area contributed by atoms with Gasteiger partial charge in [-0.3, -0.25) is 9.36 Å². The summed E-state index contributed by atoms with van der Waals surface area (Å²) in [6, 6.07) is 0. The summed E-state index contributed by atoms with van der Waals surface area (Å²) < 4.78 is 34.4. The standard InChI is InChI=1S/C44H86NO7P/c1-6-8-10-12-14-16-18-20-22-24-26-28-30-32-34-36-39-49-43(42-52-53(47,48)51-40-38-45(3,4)5)41-50-44(46)37-35-33-31-29-27-25-23-21-19-17-15-13-11-9-7-2/h20,22,36,39,43H,6-19,21,23-35,37-38,40-42H2,1-5H3/b22-20-,39-36-. The first-order valence-electron chi connectivity index (χ1n) is 22.1. The van der Waals surface area contributed by atoms with Crippen molar-refractivity contribution in [2.24, 2.45) is 0 Å². The lowest BCUT2D eigenvalue weighted by Crippen LogP contribution is -2.37. The molecule has 0 aliphatic carbocycles. The van der Waals surface area contributed by atoms with E-state index in [4.69, 9.17) is 18.5 Å². The molecule has 0 saturated carbocycles. The fourth-order valence-electron chi connectivity index (χ4n) is 6.05. The van der Waals surface area contributed by atoms with Crippen molar-refractivity contribution in [1.82, 2.24) is 0 Å². The molecule has 0 N–H and O–H groups in total. The molecule has 0 fully saturated rings. The van der Waals surface area contributed by atoms with Gasteiger partial charge in [0.25, 0.3) is 7.82 Å². The molecular weight excluding hydrogens is 685 g/mol. The van der Waals surface area contributed by atoms with Crippen molar-refractivity contribution in [3.8, 4) is 0 Å². The molecule has 314 valence electrons. The molecule has 0 aliphatic heterocycles. The van der Waals surface area contributed by atoms with E-state index in [9.17, 15) is 14.3 Å². The summed E-state index contributed by atoms with van der Waals surface area (Å²) in [5, 5.41) is 0. The number of hydrogen-bond acceptors (Lipinski definition) is 7. The second-order valence-corrected chi connectivity index (χ2v) is 17.5. The van der Waals surface area contributed by atoms with E-state index >= 15 is 0 Å². The quantitative estimate of drug-likeness (QED) is 0.0152. The van der Waals surface area contributed by atoms with E-state index in [1.165, 1.54) is 135 Å². The largest absolute Gasteiger partial charge is 0.756 e. The Hall–Kier alpha value is -1.18. The monoisotopic (exact) mass is 772 g/mol. The lowest BCUT2D eigenvalue weighted by molar-refractivity contribution is -0.870. The Bertz CT molecular complexity index is 905. The Labute approximate surface area is 328 Å². The molecule has 0 spiro atoms. The van der Waals surface area contributed by atoms with Crippen molar-refractivity contribution in [3.05, 3.63) is 24.5 Å². The zero-order valence-corrected chi connectivity index (χ0v) is 36.4. The Balaban J connectivity index is 4.28. The minimum atomic E-state index is -4.51. The lowest BCUT2D eigenvalue weighted by atomic mass is 10.0. The molecule has 53 heavy (non-hydrogen) atoms. The van der Waals surface area contributed by atoms with E-state index in [1.54, 1.807) is 6.26 Å². The van der Waals surface area contributed by atoms with E-state index in [2.05, 4.69) is 26.0 Å². The molecule has 0 bridgehead atoms. The third-order valence-corrected chi connectivity index (χ3v) is 10.6. The van der Waals surface area contributed by atoms with Crippen LogP contribution in [0.1, 0.15) is 200 Å². The van der Waals surface area contributed by atoms with Crippen molar-refractivity contribution in [2.75, 3.05) is 47.5 Å². The normalized spacial score (nSPS) is 13.9. The maximum Gasteiger partial charge on any atom is 0.305 e. The van der Waals surface area contributed by atoms with Crippen molar-refractivity contribution in [1.29, 1.82) is 0 Å². The maximum absolute atomic E-state index is 12.5. The van der Waals surface area contributed by atoms with E-state index in [0.717, 1.165) is 44.9 Å². The van der Waals surface area contributed by atoms with Crippen LogP contribution in [0.4, 0.5) is 0 Å². The number of allylic oxidation sites excluding steroid dienone is 3. The summed E-state index contributed by atoms with van der Waals surface area (Å²) in [6.45, 7) is 4.71. The first-order chi connectivity index (χ1) is 25.6. The number of rotatable bonds is 41. The Morgan fingerprint density at radius 1 is 0.585 bits per heavy atom. The van der Waals surface area contributed by atoms with Crippen molar-refractivity contribution in [3.63, 3.8) is 0 Å². The van der Waals surface area contributed by atoms with Crippen LogP contribution >= 0.6 is 7.82 Å². The van der Waals surface area contributed by atoms with Crippen LogP contribution in [0, 0.1) is 0 Å². The molecule has 0 rings (SSSR count). The molecule has 9 heteroatoms. The van der Waals surface area contributed by atoms with E-state index < -0.39 is 13.9 Å². The van der Waals surface area contributed by atoms with Crippen LogP contribution in [0.2, 0.25) is 0 Å². The summed E-state index contributed by atoms with van der Waals surface area (Å²) in [6.07, 6.45) is 42.9. The van der Waals surface area contributed by atoms with Gasteiger partial charge < -0.3 is 27.9 Å². The van der Waals surface area contributed by atoms with Gasteiger partial charge in [0.05, 0.1) is 34.0 Å². The van der Waals surface area contributed by atoms with E-state index in [-0.39, 0.29) is 25.8 Å². The minimum Gasteiger partial charge on any atom is -0.756 e. The van der Waals surface area contributed by atoms with Crippen LogP contribution in [0.5, 0.6) is 0 Å². The highest BCUT2D eigenvalue weighted by Crippen LogP contribution is 2.38.